The third kappa shape index (κ3) is 3.93. The van der Waals surface area contributed by atoms with E-state index >= 15 is 0 Å². The summed E-state index contributed by atoms with van der Waals surface area (Å²) in [4.78, 5) is 0. The number of ether oxygens (including phenoxy) is 1. The van der Waals surface area contributed by atoms with Crippen LogP contribution in [0.1, 0.15) is 13.3 Å². The lowest BCUT2D eigenvalue weighted by atomic mass is 10.1. The van der Waals surface area contributed by atoms with Crippen LogP contribution in [0, 0.1) is 0 Å². The highest BCUT2D eigenvalue weighted by Crippen LogP contribution is 2.25. The van der Waals surface area contributed by atoms with Crippen LogP contribution in [-0.4, -0.2) is 41.2 Å². The van der Waals surface area contributed by atoms with E-state index in [9.17, 15) is 10.3 Å². The summed E-state index contributed by atoms with van der Waals surface area (Å²) in [6.07, 6.45) is 0.124. The maximum absolute atomic E-state index is 9.85. The fraction of sp³-hybridized carbons (Fsp3) is 0.375. The Bertz CT molecular complexity index is 539. The lowest BCUT2D eigenvalue weighted by Gasteiger charge is -2.19. The van der Waals surface area contributed by atoms with Crippen LogP contribution in [0.3, 0.4) is 0 Å². The SMILES string of the molecule is CCCN(O)CC(O)COc1cccc2ccccc12. The van der Waals surface area contributed by atoms with E-state index in [2.05, 4.69) is 0 Å². The summed E-state index contributed by atoms with van der Waals surface area (Å²) in [5.74, 6) is 0.752. The number of aliphatic hydroxyl groups is 1. The van der Waals surface area contributed by atoms with Crippen molar-refractivity contribution in [2.24, 2.45) is 0 Å². The van der Waals surface area contributed by atoms with Gasteiger partial charge in [-0.1, -0.05) is 43.3 Å². The zero-order chi connectivity index (χ0) is 14.4. The molecule has 0 spiro atoms. The smallest absolute Gasteiger partial charge is 0.127 e. The molecule has 0 saturated heterocycles. The summed E-state index contributed by atoms with van der Waals surface area (Å²) >= 11 is 0. The van der Waals surface area contributed by atoms with Crippen molar-refractivity contribution in [1.82, 2.24) is 5.06 Å². The number of fused-ring (bicyclic) bond motifs is 1. The van der Waals surface area contributed by atoms with Gasteiger partial charge in [-0.25, -0.2) is 0 Å². The highest BCUT2D eigenvalue weighted by Gasteiger charge is 2.10. The summed E-state index contributed by atoms with van der Waals surface area (Å²) in [5, 5.41) is 22.6. The van der Waals surface area contributed by atoms with Gasteiger partial charge in [0.05, 0.1) is 6.54 Å². The van der Waals surface area contributed by atoms with Gasteiger partial charge in [-0.3, -0.25) is 0 Å². The van der Waals surface area contributed by atoms with Crippen molar-refractivity contribution in [3.8, 4) is 5.75 Å². The molecule has 108 valence electrons. The Labute approximate surface area is 119 Å². The van der Waals surface area contributed by atoms with Crippen molar-refractivity contribution in [2.75, 3.05) is 19.7 Å². The largest absolute Gasteiger partial charge is 0.490 e. The minimum Gasteiger partial charge on any atom is -0.490 e. The third-order valence-electron chi connectivity index (χ3n) is 3.08. The van der Waals surface area contributed by atoms with Gasteiger partial charge in [-0.05, 0) is 17.9 Å². The van der Waals surface area contributed by atoms with Crippen molar-refractivity contribution in [3.63, 3.8) is 0 Å². The maximum atomic E-state index is 9.85. The van der Waals surface area contributed by atoms with Crippen molar-refractivity contribution >= 4 is 10.8 Å². The molecule has 2 rings (SSSR count). The number of hydroxylamine groups is 2. The van der Waals surface area contributed by atoms with E-state index in [1.165, 1.54) is 0 Å². The van der Waals surface area contributed by atoms with Gasteiger partial charge in [-0.2, -0.15) is 5.06 Å². The molecule has 2 aromatic carbocycles. The molecule has 20 heavy (non-hydrogen) atoms. The van der Waals surface area contributed by atoms with Crippen molar-refractivity contribution < 1.29 is 15.1 Å². The quantitative estimate of drug-likeness (QED) is 0.763. The molecule has 0 aliphatic carbocycles. The summed E-state index contributed by atoms with van der Waals surface area (Å²) in [7, 11) is 0. The molecule has 0 aromatic heterocycles. The van der Waals surface area contributed by atoms with Crippen LogP contribution in [0.15, 0.2) is 42.5 Å². The predicted octanol–water partition coefficient (Wildman–Crippen LogP) is 2.68. The summed E-state index contributed by atoms with van der Waals surface area (Å²) in [6.45, 7) is 2.88. The average Bonchev–Trinajstić information content (AvgIpc) is 2.45. The van der Waals surface area contributed by atoms with Crippen molar-refractivity contribution in [3.05, 3.63) is 42.5 Å². The molecule has 0 fully saturated rings. The highest BCUT2D eigenvalue weighted by atomic mass is 16.5. The molecule has 0 saturated carbocycles. The minimum atomic E-state index is -0.717. The Kier molecular flexibility index (Phi) is 5.35. The van der Waals surface area contributed by atoms with Crippen LogP contribution in [0.25, 0.3) is 10.8 Å². The van der Waals surface area contributed by atoms with Gasteiger partial charge in [0.15, 0.2) is 0 Å². The highest BCUT2D eigenvalue weighted by molar-refractivity contribution is 5.88. The van der Waals surface area contributed by atoms with Crippen molar-refractivity contribution in [1.29, 1.82) is 0 Å². The van der Waals surface area contributed by atoms with E-state index in [4.69, 9.17) is 4.74 Å². The van der Waals surface area contributed by atoms with Crippen LogP contribution >= 0.6 is 0 Å². The molecule has 0 amide bonds. The lowest BCUT2D eigenvalue weighted by Crippen LogP contribution is -2.33. The number of benzene rings is 2. The normalized spacial score (nSPS) is 12.8. The standard InChI is InChI=1S/C16H21NO3/c1-2-10-17(19)11-14(18)12-20-16-9-5-7-13-6-3-4-8-15(13)16/h3-9,14,18-19H,2,10-12H2,1H3. The van der Waals surface area contributed by atoms with Gasteiger partial charge in [0.1, 0.15) is 18.5 Å². The van der Waals surface area contributed by atoms with Gasteiger partial charge in [-0.15, -0.1) is 0 Å². The fourth-order valence-corrected chi connectivity index (χ4v) is 2.15. The number of aliphatic hydroxyl groups excluding tert-OH is 1. The number of hydrogen-bond acceptors (Lipinski definition) is 4. The second kappa shape index (κ2) is 7.24. The first-order valence-electron chi connectivity index (χ1n) is 6.93. The Hall–Kier alpha value is -1.62. The number of hydrogen-bond donors (Lipinski definition) is 2. The molecule has 0 aliphatic heterocycles. The van der Waals surface area contributed by atoms with Crippen LogP contribution < -0.4 is 4.74 Å². The topological polar surface area (TPSA) is 52.9 Å². The first kappa shape index (κ1) is 14.8. The molecular formula is C16H21NO3. The van der Waals surface area contributed by atoms with Crippen molar-refractivity contribution in [2.45, 2.75) is 19.4 Å². The Morgan fingerprint density at radius 1 is 1.15 bits per heavy atom. The lowest BCUT2D eigenvalue weighted by molar-refractivity contribution is -0.117. The maximum Gasteiger partial charge on any atom is 0.127 e. The molecule has 1 unspecified atom stereocenters. The molecule has 4 nitrogen and oxygen atoms in total. The Morgan fingerprint density at radius 3 is 2.70 bits per heavy atom. The monoisotopic (exact) mass is 275 g/mol. The molecule has 4 heteroatoms. The van der Waals surface area contributed by atoms with E-state index in [0.29, 0.717) is 6.54 Å². The number of rotatable bonds is 7. The van der Waals surface area contributed by atoms with Crippen LogP contribution in [0.2, 0.25) is 0 Å². The minimum absolute atomic E-state index is 0.161. The van der Waals surface area contributed by atoms with Gasteiger partial charge < -0.3 is 15.1 Å². The van der Waals surface area contributed by atoms with Gasteiger partial charge in [0.2, 0.25) is 0 Å². The second-order valence-corrected chi connectivity index (χ2v) is 4.85. The Morgan fingerprint density at radius 2 is 1.90 bits per heavy atom. The predicted molar refractivity (Wildman–Crippen MR) is 79.1 cm³/mol. The third-order valence-corrected chi connectivity index (χ3v) is 3.08. The molecule has 0 bridgehead atoms. The molecule has 1 atom stereocenters. The van der Waals surface area contributed by atoms with Crippen LogP contribution in [0.4, 0.5) is 0 Å². The molecular weight excluding hydrogens is 254 g/mol. The first-order chi connectivity index (χ1) is 9.70. The van der Waals surface area contributed by atoms with Gasteiger partial charge in [0.25, 0.3) is 0 Å². The fourth-order valence-electron chi connectivity index (χ4n) is 2.15. The van der Waals surface area contributed by atoms with E-state index in [0.717, 1.165) is 28.0 Å². The molecule has 0 heterocycles. The van der Waals surface area contributed by atoms with Crippen LogP contribution in [0.5, 0.6) is 5.75 Å². The van der Waals surface area contributed by atoms with E-state index in [1.807, 2.05) is 49.4 Å². The molecule has 0 radical (unpaired) electrons. The van der Waals surface area contributed by atoms with Gasteiger partial charge >= 0.3 is 0 Å². The number of nitrogens with zero attached hydrogens (tertiary/aromatic N) is 1. The zero-order valence-electron chi connectivity index (χ0n) is 11.7. The van der Waals surface area contributed by atoms with E-state index in [1.54, 1.807) is 0 Å². The molecule has 2 N–H and O–H groups in total. The molecule has 2 aromatic rings. The van der Waals surface area contributed by atoms with E-state index < -0.39 is 6.10 Å². The average molecular weight is 275 g/mol. The molecule has 0 aliphatic rings. The van der Waals surface area contributed by atoms with E-state index in [-0.39, 0.29) is 13.2 Å². The zero-order valence-corrected chi connectivity index (χ0v) is 11.7. The second-order valence-electron chi connectivity index (χ2n) is 4.85. The summed E-state index contributed by atoms with van der Waals surface area (Å²) in [6, 6.07) is 13.8. The van der Waals surface area contributed by atoms with Gasteiger partial charge in [0, 0.05) is 11.9 Å². The van der Waals surface area contributed by atoms with Crippen LogP contribution in [-0.2, 0) is 0 Å². The summed E-state index contributed by atoms with van der Waals surface area (Å²) < 4.78 is 5.67. The summed E-state index contributed by atoms with van der Waals surface area (Å²) in [5.41, 5.74) is 0. The Balaban J connectivity index is 1.95. The first-order valence-corrected chi connectivity index (χ1v) is 6.93.